The van der Waals surface area contributed by atoms with E-state index in [1.54, 1.807) is 0 Å². The Morgan fingerprint density at radius 1 is 1.41 bits per heavy atom. The van der Waals surface area contributed by atoms with E-state index in [9.17, 15) is 9.90 Å². The maximum absolute atomic E-state index is 11.6. The summed E-state index contributed by atoms with van der Waals surface area (Å²) in [7, 11) is 0. The van der Waals surface area contributed by atoms with Crippen molar-refractivity contribution in [2.75, 3.05) is 26.3 Å². The van der Waals surface area contributed by atoms with E-state index in [1.165, 1.54) is 0 Å². The minimum absolute atomic E-state index is 0. The Hall–Kier alpha value is -0.810. The largest absolute Gasteiger partial charge is 0.481 e. The number of rotatable bonds is 3. The van der Waals surface area contributed by atoms with Crippen molar-refractivity contribution in [1.82, 2.24) is 4.90 Å². The Balaban J connectivity index is 0.00000176. The van der Waals surface area contributed by atoms with Crippen LogP contribution < -0.4 is 0 Å². The van der Waals surface area contributed by atoms with Crippen LogP contribution in [0.25, 0.3) is 0 Å². The van der Waals surface area contributed by atoms with Crippen molar-refractivity contribution in [2.24, 2.45) is 11.3 Å². The lowest BCUT2D eigenvalue weighted by molar-refractivity contribution is -0.146. The third-order valence-electron chi connectivity index (χ3n) is 4.80. The van der Waals surface area contributed by atoms with Crippen LogP contribution in [0.15, 0.2) is 24.3 Å². The molecule has 2 heterocycles. The van der Waals surface area contributed by atoms with Gasteiger partial charge >= 0.3 is 5.97 Å². The van der Waals surface area contributed by atoms with Crippen molar-refractivity contribution in [3.63, 3.8) is 0 Å². The van der Waals surface area contributed by atoms with E-state index in [0.29, 0.717) is 19.8 Å². The number of hydrogen-bond donors (Lipinski definition) is 1. The topological polar surface area (TPSA) is 49.8 Å². The first kappa shape index (κ1) is 17.5. The predicted molar refractivity (Wildman–Crippen MR) is 87.6 cm³/mol. The molecule has 4 nitrogen and oxygen atoms in total. The first-order valence-corrected chi connectivity index (χ1v) is 7.74. The summed E-state index contributed by atoms with van der Waals surface area (Å²) in [5, 5.41) is 10.3. The second-order valence-corrected chi connectivity index (χ2v) is 6.60. The number of carbonyl (C=O) groups is 1. The molecule has 0 amide bonds. The third kappa shape index (κ3) is 3.57. The monoisotopic (exact) mass is 345 g/mol. The fourth-order valence-corrected chi connectivity index (χ4v) is 3.92. The molecule has 22 heavy (non-hydrogen) atoms. The summed E-state index contributed by atoms with van der Waals surface area (Å²) >= 11 is 6.02. The molecule has 2 aliphatic heterocycles. The van der Waals surface area contributed by atoms with Crippen molar-refractivity contribution in [3.05, 3.63) is 34.9 Å². The van der Waals surface area contributed by atoms with Crippen molar-refractivity contribution in [2.45, 2.75) is 19.4 Å². The highest BCUT2D eigenvalue weighted by atomic mass is 35.5. The highest BCUT2D eigenvalue weighted by molar-refractivity contribution is 6.30. The zero-order chi connectivity index (χ0) is 14.9. The summed E-state index contributed by atoms with van der Waals surface area (Å²) in [6.07, 6.45) is 1.69. The Morgan fingerprint density at radius 2 is 2.14 bits per heavy atom. The predicted octanol–water partition coefficient (Wildman–Crippen LogP) is 3.08. The van der Waals surface area contributed by atoms with E-state index in [2.05, 4.69) is 4.90 Å². The highest BCUT2D eigenvalue weighted by Gasteiger charge is 2.50. The van der Waals surface area contributed by atoms with E-state index < -0.39 is 5.97 Å². The van der Waals surface area contributed by atoms with Crippen molar-refractivity contribution < 1.29 is 14.6 Å². The Morgan fingerprint density at radius 3 is 2.77 bits per heavy atom. The van der Waals surface area contributed by atoms with Gasteiger partial charge in [-0.1, -0.05) is 23.7 Å². The molecule has 2 saturated heterocycles. The Kier molecular flexibility index (Phi) is 5.72. The van der Waals surface area contributed by atoms with E-state index in [1.807, 2.05) is 24.3 Å². The maximum atomic E-state index is 11.6. The molecular formula is C16H21Cl2NO3. The van der Waals surface area contributed by atoms with Crippen LogP contribution in [0.3, 0.4) is 0 Å². The molecule has 6 heteroatoms. The minimum atomic E-state index is -0.675. The molecular weight excluding hydrogens is 325 g/mol. The van der Waals surface area contributed by atoms with Gasteiger partial charge in [-0.2, -0.15) is 0 Å². The maximum Gasteiger partial charge on any atom is 0.308 e. The summed E-state index contributed by atoms with van der Waals surface area (Å²) in [4.78, 5) is 13.9. The van der Waals surface area contributed by atoms with Crippen LogP contribution in [-0.2, 0) is 16.1 Å². The number of nitrogens with zero attached hydrogens (tertiary/aromatic N) is 1. The second-order valence-electron chi connectivity index (χ2n) is 6.17. The van der Waals surface area contributed by atoms with Gasteiger partial charge in [0.05, 0.1) is 5.92 Å². The van der Waals surface area contributed by atoms with Gasteiger partial charge in [-0.05, 0) is 30.5 Å². The van der Waals surface area contributed by atoms with Crippen LogP contribution in [-0.4, -0.2) is 42.3 Å². The van der Waals surface area contributed by atoms with Gasteiger partial charge < -0.3 is 9.84 Å². The first-order valence-electron chi connectivity index (χ1n) is 7.36. The standard InChI is InChI=1S/C16H20ClNO3.ClH/c17-13-3-1-2-12(8-13)9-18-10-14(15(19)20)16(11-18)4-6-21-7-5-16;/h1-3,8,14H,4-7,9-11H2,(H,19,20);1H. The average molecular weight is 346 g/mol. The number of carboxylic acid groups (broad SMARTS) is 1. The van der Waals surface area contributed by atoms with Gasteiger partial charge in [-0.15, -0.1) is 12.4 Å². The van der Waals surface area contributed by atoms with Crippen LogP contribution in [0.2, 0.25) is 5.02 Å². The molecule has 1 N–H and O–H groups in total. The van der Waals surface area contributed by atoms with Gasteiger partial charge in [0, 0.05) is 43.3 Å². The average Bonchev–Trinajstić information content (AvgIpc) is 2.78. The summed E-state index contributed by atoms with van der Waals surface area (Å²) in [6, 6.07) is 7.78. The highest BCUT2D eigenvalue weighted by Crippen LogP contribution is 2.44. The van der Waals surface area contributed by atoms with E-state index in [4.69, 9.17) is 16.3 Å². The van der Waals surface area contributed by atoms with Crippen LogP contribution in [0.4, 0.5) is 0 Å². The van der Waals surface area contributed by atoms with Crippen molar-refractivity contribution in [3.8, 4) is 0 Å². The molecule has 1 spiro atoms. The second kappa shape index (κ2) is 7.18. The normalized spacial score (nSPS) is 24.1. The van der Waals surface area contributed by atoms with Crippen LogP contribution in [0.5, 0.6) is 0 Å². The summed E-state index contributed by atoms with van der Waals surface area (Å²) in [5.41, 5.74) is 1.01. The lowest BCUT2D eigenvalue weighted by Gasteiger charge is -2.36. The van der Waals surface area contributed by atoms with Crippen molar-refractivity contribution in [1.29, 1.82) is 0 Å². The van der Waals surface area contributed by atoms with Crippen molar-refractivity contribution >= 4 is 30.0 Å². The number of ether oxygens (including phenoxy) is 1. The van der Waals surface area contributed by atoms with Crippen LogP contribution in [0, 0.1) is 11.3 Å². The number of halogens is 2. The zero-order valence-corrected chi connectivity index (χ0v) is 13.9. The molecule has 0 aromatic heterocycles. The molecule has 2 aliphatic rings. The Bertz CT molecular complexity index is 532. The summed E-state index contributed by atoms with van der Waals surface area (Å²) < 4.78 is 5.42. The molecule has 1 aromatic rings. The van der Waals surface area contributed by atoms with E-state index in [-0.39, 0.29) is 23.7 Å². The molecule has 2 fully saturated rings. The molecule has 0 radical (unpaired) electrons. The summed E-state index contributed by atoms with van der Waals surface area (Å²) in [6.45, 7) is 3.55. The Labute approximate surface area is 141 Å². The first-order chi connectivity index (χ1) is 10.1. The van der Waals surface area contributed by atoms with Gasteiger partial charge in [0.25, 0.3) is 0 Å². The summed E-state index contributed by atoms with van der Waals surface area (Å²) in [5.74, 6) is -0.967. The van der Waals surface area contributed by atoms with Gasteiger partial charge in [0.15, 0.2) is 0 Å². The molecule has 0 aliphatic carbocycles. The lowest BCUT2D eigenvalue weighted by atomic mass is 9.72. The SMILES string of the molecule is Cl.O=C(O)C1CN(Cc2cccc(Cl)c2)CC12CCOCC2. The number of benzene rings is 1. The molecule has 3 rings (SSSR count). The lowest BCUT2D eigenvalue weighted by Crippen LogP contribution is -2.40. The third-order valence-corrected chi connectivity index (χ3v) is 5.04. The van der Waals surface area contributed by atoms with Gasteiger partial charge in [-0.25, -0.2) is 0 Å². The van der Waals surface area contributed by atoms with E-state index >= 15 is 0 Å². The van der Waals surface area contributed by atoms with Gasteiger partial charge in [-0.3, -0.25) is 9.69 Å². The molecule has 0 saturated carbocycles. The molecule has 1 atom stereocenters. The number of likely N-dealkylation sites (tertiary alicyclic amines) is 1. The molecule has 1 unspecified atom stereocenters. The molecule has 0 bridgehead atoms. The minimum Gasteiger partial charge on any atom is -0.481 e. The number of aliphatic carboxylic acids is 1. The fourth-order valence-electron chi connectivity index (χ4n) is 3.71. The quantitative estimate of drug-likeness (QED) is 0.914. The van der Waals surface area contributed by atoms with Gasteiger partial charge in [0.2, 0.25) is 0 Å². The fraction of sp³-hybridized carbons (Fsp3) is 0.562. The number of hydrogen-bond acceptors (Lipinski definition) is 3. The van der Waals surface area contributed by atoms with Crippen LogP contribution in [0.1, 0.15) is 18.4 Å². The molecule has 122 valence electrons. The van der Waals surface area contributed by atoms with Gasteiger partial charge in [0.1, 0.15) is 0 Å². The molecule has 1 aromatic carbocycles. The zero-order valence-electron chi connectivity index (χ0n) is 12.3. The smallest absolute Gasteiger partial charge is 0.308 e. The number of carboxylic acids is 1. The van der Waals surface area contributed by atoms with Crippen LogP contribution >= 0.6 is 24.0 Å². The van der Waals surface area contributed by atoms with E-state index in [0.717, 1.165) is 36.5 Å².